The lowest BCUT2D eigenvalue weighted by Crippen LogP contribution is -2.34. The highest BCUT2D eigenvalue weighted by Gasteiger charge is 2.28. The van der Waals surface area contributed by atoms with Crippen molar-refractivity contribution in [1.29, 1.82) is 0 Å². The van der Waals surface area contributed by atoms with E-state index in [4.69, 9.17) is 9.63 Å². The first kappa shape index (κ1) is 13.7. The lowest BCUT2D eigenvalue weighted by Gasteiger charge is -2.18. The van der Waals surface area contributed by atoms with Crippen molar-refractivity contribution in [2.24, 2.45) is 0 Å². The van der Waals surface area contributed by atoms with Crippen LogP contribution in [0.2, 0.25) is 0 Å². The summed E-state index contributed by atoms with van der Waals surface area (Å²) < 4.78 is 4.94. The van der Waals surface area contributed by atoms with E-state index < -0.39 is 24.9 Å². The molecule has 102 valence electrons. The van der Waals surface area contributed by atoms with Gasteiger partial charge in [-0.3, -0.25) is 0 Å². The Labute approximate surface area is 109 Å². The Morgan fingerprint density at radius 1 is 1.11 bits per heavy atom. The molecular weight excluding hydrogens is 250 g/mol. The fraction of sp³-hybridized carbons (Fsp3) is 0.308. The summed E-state index contributed by atoms with van der Waals surface area (Å²) in [6.45, 7) is -0.655. The van der Waals surface area contributed by atoms with Crippen LogP contribution in [0.25, 0.3) is 11.3 Å². The van der Waals surface area contributed by atoms with Crippen molar-refractivity contribution in [3.63, 3.8) is 0 Å². The standard InChI is InChI=1S/C13H15NO5/c15-7-10(16)12(17)13(18)11-6-9(14-19-11)8-4-2-1-3-5-8/h1-6,10,12-13,15-18H,7H2/t10?,12-,13+/m0/s1. The zero-order valence-electron chi connectivity index (χ0n) is 10.0. The van der Waals surface area contributed by atoms with Crippen LogP contribution in [0.1, 0.15) is 11.9 Å². The van der Waals surface area contributed by atoms with Crippen LogP contribution < -0.4 is 0 Å². The second-order valence-electron chi connectivity index (χ2n) is 4.17. The second kappa shape index (κ2) is 5.94. The predicted molar refractivity (Wildman–Crippen MR) is 66.0 cm³/mol. The summed E-state index contributed by atoms with van der Waals surface area (Å²) in [4.78, 5) is 0. The Kier molecular flexibility index (Phi) is 4.28. The third kappa shape index (κ3) is 2.99. The molecule has 0 aliphatic rings. The molecule has 19 heavy (non-hydrogen) atoms. The summed E-state index contributed by atoms with van der Waals surface area (Å²) in [6, 6.07) is 10.7. The minimum Gasteiger partial charge on any atom is -0.394 e. The molecule has 2 aromatic rings. The van der Waals surface area contributed by atoms with Crippen LogP contribution >= 0.6 is 0 Å². The molecule has 3 atom stereocenters. The molecule has 1 aromatic carbocycles. The van der Waals surface area contributed by atoms with Crippen LogP contribution in [0.4, 0.5) is 0 Å². The van der Waals surface area contributed by atoms with Gasteiger partial charge < -0.3 is 24.9 Å². The summed E-state index contributed by atoms with van der Waals surface area (Å²) in [7, 11) is 0. The molecule has 4 N–H and O–H groups in total. The Morgan fingerprint density at radius 3 is 2.42 bits per heavy atom. The highest BCUT2D eigenvalue weighted by Crippen LogP contribution is 2.25. The van der Waals surface area contributed by atoms with Gasteiger partial charge in [0.25, 0.3) is 0 Å². The molecule has 0 radical (unpaired) electrons. The Bertz CT molecular complexity index is 513. The number of hydrogen-bond acceptors (Lipinski definition) is 6. The Hall–Kier alpha value is -1.73. The van der Waals surface area contributed by atoms with Crippen molar-refractivity contribution in [2.75, 3.05) is 6.61 Å². The number of aromatic nitrogens is 1. The summed E-state index contributed by atoms with van der Waals surface area (Å²) >= 11 is 0. The third-order valence-corrected chi connectivity index (χ3v) is 2.79. The lowest BCUT2D eigenvalue weighted by molar-refractivity contribution is -0.0848. The topological polar surface area (TPSA) is 107 Å². The highest BCUT2D eigenvalue weighted by molar-refractivity contribution is 5.58. The van der Waals surface area contributed by atoms with E-state index in [9.17, 15) is 15.3 Å². The van der Waals surface area contributed by atoms with E-state index in [1.807, 2.05) is 30.3 Å². The molecule has 6 nitrogen and oxygen atoms in total. The lowest BCUT2D eigenvalue weighted by atomic mass is 10.1. The number of rotatable bonds is 5. The van der Waals surface area contributed by atoms with E-state index in [0.717, 1.165) is 5.56 Å². The van der Waals surface area contributed by atoms with Crippen LogP contribution in [0.15, 0.2) is 40.9 Å². The van der Waals surface area contributed by atoms with Gasteiger partial charge in [-0.1, -0.05) is 35.5 Å². The van der Waals surface area contributed by atoms with Gasteiger partial charge in [0.05, 0.1) is 6.61 Å². The molecule has 0 saturated heterocycles. The highest BCUT2D eigenvalue weighted by atomic mass is 16.5. The summed E-state index contributed by atoms with van der Waals surface area (Å²) in [5.74, 6) is 0.0267. The molecule has 1 aromatic heterocycles. The van der Waals surface area contributed by atoms with Gasteiger partial charge in [0.2, 0.25) is 0 Å². The molecule has 0 amide bonds. The fourth-order valence-corrected chi connectivity index (χ4v) is 1.66. The van der Waals surface area contributed by atoms with E-state index in [-0.39, 0.29) is 5.76 Å². The quantitative estimate of drug-likeness (QED) is 0.610. The maximum Gasteiger partial charge on any atom is 0.168 e. The molecule has 2 rings (SSSR count). The average molecular weight is 265 g/mol. The van der Waals surface area contributed by atoms with Crippen molar-refractivity contribution >= 4 is 0 Å². The van der Waals surface area contributed by atoms with Crippen molar-refractivity contribution in [3.8, 4) is 11.3 Å². The van der Waals surface area contributed by atoms with Crippen LogP contribution in [-0.2, 0) is 0 Å². The maximum atomic E-state index is 9.80. The number of hydrogen-bond donors (Lipinski definition) is 4. The van der Waals surface area contributed by atoms with Crippen LogP contribution in [0, 0.1) is 0 Å². The predicted octanol–water partition coefficient (Wildman–Crippen LogP) is 0.0891. The van der Waals surface area contributed by atoms with Crippen molar-refractivity contribution in [1.82, 2.24) is 5.16 Å². The molecule has 1 unspecified atom stereocenters. The van der Waals surface area contributed by atoms with Crippen molar-refractivity contribution in [3.05, 3.63) is 42.2 Å². The number of nitrogens with zero attached hydrogens (tertiary/aromatic N) is 1. The molecule has 0 bridgehead atoms. The zero-order valence-corrected chi connectivity index (χ0v) is 10.0. The third-order valence-electron chi connectivity index (χ3n) is 2.79. The first-order valence-electron chi connectivity index (χ1n) is 5.80. The van der Waals surface area contributed by atoms with Gasteiger partial charge in [0.15, 0.2) is 5.76 Å². The molecule has 0 fully saturated rings. The molecule has 0 saturated carbocycles. The molecule has 1 heterocycles. The Balaban J connectivity index is 2.17. The summed E-state index contributed by atoms with van der Waals surface area (Å²) in [5.41, 5.74) is 1.32. The molecule has 6 heteroatoms. The van der Waals surface area contributed by atoms with E-state index >= 15 is 0 Å². The van der Waals surface area contributed by atoms with Gasteiger partial charge >= 0.3 is 0 Å². The van der Waals surface area contributed by atoms with E-state index in [2.05, 4.69) is 5.16 Å². The first-order chi connectivity index (χ1) is 9.13. The molecular formula is C13H15NO5. The smallest absolute Gasteiger partial charge is 0.168 e. The normalized spacial score (nSPS) is 16.0. The monoisotopic (exact) mass is 265 g/mol. The SMILES string of the molecule is OCC(O)[C@H](O)[C@H](O)c1cc(-c2ccccc2)no1. The van der Waals surface area contributed by atoms with Crippen molar-refractivity contribution in [2.45, 2.75) is 18.3 Å². The minimum atomic E-state index is -1.54. The van der Waals surface area contributed by atoms with Gasteiger partial charge in [0.1, 0.15) is 24.0 Å². The number of aliphatic hydroxyl groups is 4. The average Bonchev–Trinajstić information content (AvgIpc) is 2.95. The van der Waals surface area contributed by atoms with Gasteiger partial charge in [-0.15, -0.1) is 0 Å². The molecule has 0 aliphatic carbocycles. The summed E-state index contributed by atoms with van der Waals surface area (Å²) in [6.07, 6.45) is -4.44. The number of aliphatic hydroxyl groups excluding tert-OH is 4. The van der Waals surface area contributed by atoms with E-state index in [0.29, 0.717) is 5.69 Å². The van der Waals surface area contributed by atoms with Crippen LogP contribution in [-0.4, -0.2) is 44.4 Å². The van der Waals surface area contributed by atoms with Gasteiger partial charge in [-0.2, -0.15) is 0 Å². The van der Waals surface area contributed by atoms with Crippen LogP contribution in [0.5, 0.6) is 0 Å². The fourth-order valence-electron chi connectivity index (χ4n) is 1.66. The second-order valence-corrected chi connectivity index (χ2v) is 4.17. The first-order valence-corrected chi connectivity index (χ1v) is 5.80. The van der Waals surface area contributed by atoms with Gasteiger partial charge in [-0.25, -0.2) is 0 Å². The van der Waals surface area contributed by atoms with Crippen molar-refractivity contribution < 1.29 is 24.9 Å². The maximum absolute atomic E-state index is 9.80. The minimum absolute atomic E-state index is 0.0267. The Morgan fingerprint density at radius 2 is 1.79 bits per heavy atom. The molecule has 0 spiro atoms. The zero-order chi connectivity index (χ0) is 13.8. The van der Waals surface area contributed by atoms with E-state index in [1.165, 1.54) is 6.07 Å². The molecule has 0 aliphatic heterocycles. The van der Waals surface area contributed by atoms with Crippen LogP contribution in [0.3, 0.4) is 0 Å². The number of benzene rings is 1. The van der Waals surface area contributed by atoms with E-state index in [1.54, 1.807) is 0 Å². The van der Waals surface area contributed by atoms with Gasteiger partial charge in [0, 0.05) is 11.6 Å². The van der Waals surface area contributed by atoms with Gasteiger partial charge in [-0.05, 0) is 0 Å². The largest absolute Gasteiger partial charge is 0.394 e. The summed E-state index contributed by atoms with van der Waals surface area (Å²) in [5, 5.41) is 41.1.